The number of amides is 1. The molecule has 0 heterocycles. The molecule has 0 aromatic carbocycles. The zero-order valence-corrected chi connectivity index (χ0v) is 11.9. The first kappa shape index (κ1) is 14.5. The molecule has 0 spiro atoms. The van der Waals surface area contributed by atoms with Crippen LogP contribution in [0.15, 0.2) is 0 Å². The number of carbonyl (C=O) groups excluding carboxylic acids is 1. The predicted molar refractivity (Wildman–Crippen MR) is 69.8 cm³/mol. The molecule has 0 aromatic rings. The molecule has 1 N–H and O–H groups in total. The normalized spacial score (nSPS) is 18.2. The van der Waals surface area contributed by atoms with Gasteiger partial charge in [0.25, 0.3) is 0 Å². The van der Waals surface area contributed by atoms with Gasteiger partial charge >= 0.3 is 0 Å². The van der Waals surface area contributed by atoms with Crippen molar-refractivity contribution in [1.29, 1.82) is 0 Å². The topological polar surface area (TPSA) is 38.3 Å². The monoisotopic (exact) mass is 241 g/mol. The third kappa shape index (κ3) is 6.67. The standard InChI is InChI=1S/C14H27NO2/c1-10(2)15-13(16)12(8-14(3,4)5)17-9-11-6-7-11/h10-12H,6-9H2,1-5H3,(H,15,16). The fourth-order valence-electron chi connectivity index (χ4n) is 1.70. The second kappa shape index (κ2) is 5.85. The molecule has 1 fully saturated rings. The van der Waals surface area contributed by atoms with Crippen LogP contribution in [0, 0.1) is 11.3 Å². The molecular weight excluding hydrogens is 214 g/mol. The Hall–Kier alpha value is -0.570. The van der Waals surface area contributed by atoms with Crippen LogP contribution in [-0.2, 0) is 9.53 Å². The minimum atomic E-state index is -0.294. The van der Waals surface area contributed by atoms with Crippen molar-refractivity contribution in [2.75, 3.05) is 6.61 Å². The average molecular weight is 241 g/mol. The van der Waals surface area contributed by atoms with Crippen LogP contribution in [0.5, 0.6) is 0 Å². The van der Waals surface area contributed by atoms with Gasteiger partial charge in [0.2, 0.25) is 5.91 Å². The summed E-state index contributed by atoms with van der Waals surface area (Å²) in [5.41, 5.74) is 0.114. The molecule has 0 radical (unpaired) electrons. The summed E-state index contributed by atoms with van der Waals surface area (Å²) in [6.07, 6.45) is 3.00. The molecule has 1 rings (SSSR count). The van der Waals surface area contributed by atoms with Crippen molar-refractivity contribution < 1.29 is 9.53 Å². The zero-order chi connectivity index (χ0) is 13.1. The lowest BCUT2D eigenvalue weighted by atomic mass is 9.89. The Kier molecular flexibility index (Phi) is 4.99. The third-order valence-electron chi connectivity index (χ3n) is 2.75. The zero-order valence-electron chi connectivity index (χ0n) is 11.9. The Labute approximate surface area is 105 Å². The predicted octanol–water partition coefficient (Wildman–Crippen LogP) is 2.74. The van der Waals surface area contributed by atoms with Crippen molar-refractivity contribution in [2.45, 2.75) is 66.0 Å². The van der Waals surface area contributed by atoms with E-state index in [9.17, 15) is 4.79 Å². The first-order valence-corrected chi connectivity index (χ1v) is 6.70. The lowest BCUT2D eigenvalue weighted by Crippen LogP contribution is -2.42. The van der Waals surface area contributed by atoms with Crippen molar-refractivity contribution in [3.05, 3.63) is 0 Å². The Bertz CT molecular complexity index is 251. The minimum absolute atomic E-state index is 0.0376. The van der Waals surface area contributed by atoms with Crippen LogP contribution in [0.2, 0.25) is 0 Å². The van der Waals surface area contributed by atoms with Gasteiger partial charge in [-0.2, -0.15) is 0 Å². The van der Waals surface area contributed by atoms with Crippen molar-refractivity contribution in [3.63, 3.8) is 0 Å². The second-order valence-electron chi connectivity index (χ2n) is 6.69. The maximum atomic E-state index is 12.0. The molecular formula is C14H27NO2. The fraction of sp³-hybridized carbons (Fsp3) is 0.929. The molecule has 1 atom stereocenters. The summed E-state index contributed by atoms with van der Waals surface area (Å²) in [5, 5.41) is 2.95. The summed E-state index contributed by atoms with van der Waals surface area (Å²) >= 11 is 0. The van der Waals surface area contributed by atoms with Gasteiger partial charge in [0.05, 0.1) is 6.61 Å². The highest BCUT2D eigenvalue weighted by atomic mass is 16.5. The van der Waals surface area contributed by atoms with Gasteiger partial charge in [-0.1, -0.05) is 20.8 Å². The summed E-state index contributed by atoms with van der Waals surface area (Å²) in [5.74, 6) is 0.736. The lowest BCUT2D eigenvalue weighted by molar-refractivity contribution is -0.135. The number of hydrogen-bond donors (Lipinski definition) is 1. The van der Waals surface area contributed by atoms with Gasteiger partial charge in [0.15, 0.2) is 0 Å². The van der Waals surface area contributed by atoms with Gasteiger partial charge in [-0.05, 0) is 44.4 Å². The molecule has 17 heavy (non-hydrogen) atoms. The number of hydrogen-bond acceptors (Lipinski definition) is 2. The van der Waals surface area contributed by atoms with Crippen LogP contribution >= 0.6 is 0 Å². The molecule has 3 nitrogen and oxygen atoms in total. The van der Waals surface area contributed by atoms with Crippen LogP contribution in [0.3, 0.4) is 0 Å². The van der Waals surface area contributed by atoms with Gasteiger partial charge in [-0.3, -0.25) is 4.79 Å². The Morgan fingerprint density at radius 1 is 1.35 bits per heavy atom. The highest BCUT2D eigenvalue weighted by molar-refractivity contribution is 5.81. The minimum Gasteiger partial charge on any atom is -0.368 e. The second-order valence-corrected chi connectivity index (χ2v) is 6.69. The van der Waals surface area contributed by atoms with E-state index in [4.69, 9.17) is 4.74 Å². The van der Waals surface area contributed by atoms with Crippen LogP contribution in [0.1, 0.15) is 53.9 Å². The van der Waals surface area contributed by atoms with Crippen molar-refractivity contribution in [2.24, 2.45) is 11.3 Å². The van der Waals surface area contributed by atoms with Gasteiger partial charge in [0.1, 0.15) is 6.10 Å². The van der Waals surface area contributed by atoms with Gasteiger partial charge in [-0.15, -0.1) is 0 Å². The maximum absolute atomic E-state index is 12.0. The van der Waals surface area contributed by atoms with E-state index in [2.05, 4.69) is 26.1 Å². The molecule has 3 heteroatoms. The average Bonchev–Trinajstić information content (AvgIpc) is 2.92. The maximum Gasteiger partial charge on any atom is 0.249 e. The van der Waals surface area contributed by atoms with Crippen molar-refractivity contribution >= 4 is 5.91 Å². The highest BCUT2D eigenvalue weighted by Gasteiger charge is 2.29. The summed E-state index contributed by atoms with van der Waals surface area (Å²) in [6.45, 7) is 11.1. The number of nitrogens with one attached hydrogen (secondary N) is 1. The summed E-state index contributed by atoms with van der Waals surface area (Å²) in [4.78, 5) is 12.0. The van der Waals surface area contributed by atoms with Crippen LogP contribution in [-0.4, -0.2) is 24.7 Å². The number of rotatable bonds is 6. The van der Waals surface area contributed by atoms with Gasteiger partial charge in [0, 0.05) is 6.04 Å². The van der Waals surface area contributed by atoms with Crippen molar-refractivity contribution in [1.82, 2.24) is 5.32 Å². The molecule has 1 unspecified atom stereocenters. The highest BCUT2D eigenvalue weighted by Crippen LogP contribution is 2.30. The number of ether oxygens (including phenoxy) is 1. The van der Waals surface area contributed by atoms with Gasteiger partial charge < -0.3 is 10.1 Å². The summed E-state index contributed by atoms with van der Waals surface area (Å²) in [6, 6.07) is 0.175. The molecule has 0 saturated heterocycles. The van der Waals surface area contributed by atoms with Crippen LogP contribution in [0.25, 0.3) is 0 Å². The third-order valence-corrected chi connectivity index (χ3v) is 2.75. The van der Waals surface area contributed by atoms with E-state index in [1.165, 1.54) is 12.8 Å². The molecule has 1 saturated carbocycles. The fourth-order valence-corrected chi connectivity index (χ4v) is 1.70. The van der Waals surface area contributed by atoms with E-state index in [1.807, 2.05) is 13.8 Å². The van der Waals surface area contributed by atoms with Crippen LogP contribution < -0.4 is 5.32 Å². The Morgan fingerprint density at radius 3 is 2.35 bits per heavy atom. The molecule has 100 valence electrons. The van der Waals surface area contributed by atoms with E-state index in [-0.39, 0.29) is 23.5 Å². The van der Waals surface area contributed by atoms with E-state index in [0.29, 0.717) is 5.92 Å². The van der Waals surface area contributed by atoms with E-state index in [1.54, 1.807) is 0 Å². The molecule has 0 aromatic heterocycles. The quantitative estimate of drug-likeness (QED) is 0.776. The Balaban J connectivity index is 2.46. The number of carbonyl (C=O) groups is 1. The molecule has 1 aliphatic rings. The Morgan fingerprint density at radius 2 is 1.94 bits per heavy atom. The molecule has 1 aliphatic carbocycles. The SMILES string of the molecule is CC(C)NC(=O)C(CC(C)(C)C)OCC1CC1. The summed E-state index contributed by atoms with van der Waals surface area (Å²) in [7, 11) is 0. The van der Waals surface area contributed by atoms with Crippen molar-refractivity contribution in [3.8, 4) is 0 Å². The lowest BCUT2D eigenvalue weighted by Gasteiger charge is -2.26. The first-order chi connectivity index (χ1) is 7.78. The van der Waals surface area contributed by atoms with Crippen LogP contribution in [0.4, 0.5) is 0 Å². The van der Waals surface area contributed by atoms with E-state index < -0.39 is 0 Å². The molecule has 1 amide bonds. The largest absolute Gasteiger partial charge is 0.368 e. The molecule has 0 aliphatic heterocycles. The molecule has 0 bridgehead atoms. The smallest absolute Gasteiger partial charge is 0.249 e. The first-order valence-electron chi connectivity index (χ1n) is 6.70. The van der Waals surface area contributed by atoms with Gasteiger partial charge in [-0.25, -0.2) is 0 Å². The van der Waals surface area contributed by atoms with E-state index in [0.717, 1.165) is 13.0 Å². The summed E-state index contributed by atoms with van der Waals surface area (Å²) < 4.78 is 5.79. The van der Waals surface area contributed by atoms with E-state index >= 15 is 0 Å².